The largest absolute Gasteiger partial charge is 0.482 e. The Kier molecular flexibility index (Phi) is 6.27. The van der Waals surface area contributed by atoms with Crippen molar-refractivity contribution >= 4 is 34.9 Å². The lowest BCUT2D eigenvalue weighted by molar-refractivity contribution is -0.120. The summed E-state index contributed by atoms with van der Waals surface area (Å²) in [5.41, 5.74) is 0.205. The van der Waals surface area contributed by atoms with Gasteiger partial charge in [0.2, 0.25) is 0 Å². The Morgan fingerprint density at radius 3 is 2.44 bits per heavy atom. The molecule has 0 aliphatic rings. The lowest BCUT2D eigenvalue weighted by Crippen LogP contribution is -2.35. The first-order valence-electron chi connectivity index (χ1n) is 8.08. The zero-order chi connectivity index (χ0) is 19.2. The van der Waals surface area contributed by atoms with E-state index < -0.39 is 11.7 Å². The van der Waals surface area contributed by atoms with Crippen LogP contribution in [-0.2, 0) is 11.3 Å². The van der Waals surface area contributed by atoms with E-state index in [1.54, 1.807) is 54.7 Å². The highest BCUT2D eigenvalue weighted by Gasteiger charge is 2.21. The SMILES string of the molecule is O=C(COc1ccccc1Cl)N(Cc1c(F)cccc1Cl)c1ccccn1. The van der Waals surface area contributed by atoms with Gasteiger partial charge >= 0.3 is 0 Å². The average Bonchev–Trinajstić information content (AvgIpc) is 2.67. The van der Waals surface area contributed by atoms with E-state index in [0.717, 1.165) is 0 Å². The molecule has 7 heteroatoms. The molecule has 0 spiro atoms. The maximum Gasteiger partial charge on any atom is 0.266 e. The first kappa shape index (κ1) is 19.1. The Morgan fingerprint density at radius 2 is 1.74 bits per heavy atom. The van der Waals surface area contributed by atoms with Crippen LogP contribution in [0.4, 0.5) is 10.2 Å². The molecule has 0 saturated carbocycles. The van der Waals surface area contributed by atoms with Crippen LogP contribution in [-0.4, -0.2) is 17.5 Å². The van der Waals surface area contributed by atoms with Crippen LogP contribution in [0.5, 0.6) is 5.75 Å². The Bertz CT molecular complexity index is 918. The number of rotatable bonds is 6. The van der Waals surface area contributed by atoms with Crippen molar-refractivity contribution in [1.29, 1.82) is 0 Å². The van der Waals surface area contributed by atoms with Gasteiger partial charge in [-0.1, -0.05) is 47.5 Å². The molecule has 27 heavy (non-hydrogen) atoms. The number of hydrogen-bond donors (Lipinski definition) is 0. The first-order valence-corrected chi connectivity index (χ1v) is 8.83. The second kappa shape index (κ2) is 8.84. The molecule has 0 N–H and O–H groups in total. The van der Waals surface area contributed by atoms with Crippen molar-refractivity contribution < 1.29 is 13.9 Å². The number of carbonyl (C=O) groups is 1. The van der Waals surface area contributed by atoms with Crippen molar-refractivity contribution in [2.75, 3.05) is 11.5 Å². The fraction of sp³-hybridized carbons (Fsp3) is 0.100. The monoisotopic (exact) mass is 404 g/mol. The van der Waals surface area contributed by atoms with Crippen LogP contribution in [0.2, 0.25) is 10.0 Å². The van der Waals surface area contributed by atoms with Crippen molar-refractivity contribution in [1.82, 2.24) is 4.98 Å². The van der Waals surface area contributed by atoms with Crippen LogP contribution in [0.1, 0.15) is 5.56 Å². The van der Waals surface area contributed by atoms with E-state index in [2.05, 4.69) is 4.98 Å². The van der Waals surface area contributed by atoms with Crippen LogP contribution >= 0.6 is 23.2 Å². The number of para-hydroxylation sites is 1. The Morgan fingerprint density at radius 1 is 1.00 bits per heavy atom. The topological polar surface area (TPSA) is 42.4 Å². The quantitative estimate of drug-likeness (QED) is 0.571. The van der Waals surface area contributed by atoms with E-state index in [4.69, 9.17) is 27.9 Å². The number of ether oxygens (including phenoxy) is 1. The fourth-order valence-electron chi connectivity index (χ4n) is 2.43. The van der Waals surface area contributed by atoms with Gasteiger partial charge in [-0.15, -0.1) is 0 Å². The maximum absolute atomic E-state index is 14.2. The molecular formula is C20H15Cl2FN2O2. The van der Waals surface area contributed by atoms with Gasteiger partial charge in [0.25, 0.3) is 5.91 Å². The van der Waals surface area contributed by atoms with Gasteiger partial charge in [-0.3, -0.25) is 9.69 Å². The fourth-order valence-corrected chi connectivity index (χ4v) is 2.84. The number of carbonyl (C=O) groups excluding carboxylic acids is 1. The summed E-state index contributed by atoms with van der Waals surface area (Å²) >= 11 is 12.2. The van der Waals surface area contributed by atoms with Crippen LogP contribution in [0.25, 0.3) is 0 Å². The van der Waals surface area contributed by atoms with Gasteiger partial charge in [0.1, 0.15) is 17.4 Å². The van der Waals surface area contributed by atoms with E-state index in [-0.39, 0.29) is 23.7 Å². The van der Waals surface area contributed by atoms with E-state index in [9.17, 15) is 9.18 Å². The van der Waals surface area contributed by atoms with Crippen molar-refractivity contribution in [2.24, 2.45) is 0 Å². The summed E-state index contributed by atoms with van der Waals surface area (Å²) in [6, 6.07) is 16.3. The zero-order valence-corrected chi connectivity index (χ0v) is 15.6. The number of halogens is 3. The second-order valence-corrected chi connectivity index (χ2v) is 6.40. The van der Waals surface area contributed by atoms with E-state index in [1.165, 1.54) is 17.0 Å². The smallest absolute Gasteiger partial charge is 0.266 e. The minimum atomic E-state index is -0.497. The lowest BCUT2D eigenvalue weighted by Gasteiger charge is -2.23. The highest BCUT2D eigenvalue weighted by atomic mass is 35.5. The summed E-state index contributed by atoms with van der Waals surface area (Å²) in [4.78, 5) is 18.3. The normalized spacial score (nSPS) is 10.5. The molecule has 0 bridgehead atoms. The molecule has 0 radical (unpaired) electrons. The van der Waals surface area contributed by atoms with Gasteiger partial charge in [0.05, 0.1) is 11.6 Å². The molecule has 1 amide bonds. The number of benzene rings is 2. The van der Waals surface area contributed by atoms with E-state index >= 15 is 0 Å². The maximum atomic E-state index is 14.2. The van der Waals surface area contributed by atoms with Crippen LogP contribution in [0.3, 0.4) is 0 Å². The predicted octanol–water partition coefficient (Wildman–Crippen LogP) is 5.14. The highest BCUT2D eigenvalue weighted by Crippen LogP contribution is 2.25. The van der Waals surface area contributed by atoms with Gasteiger partial charge in [-0.25, -0.2) is 9.37 Å². The summed E-state index contributed by atoms with van der Waals surface area (Å²) in [5.74, 6) is -0.154. The predicted molar refractivity (Wildman–Crippen MR) is 104 cm³/mol. The summed E-state index contributed by atoms with van der Waals surface area (Å²) < 4.78 is 19.7. The molecule has 3 aromatic rings. The van der Waals surface area contributed by atoms with Gasteiger partial charge in [-0.05, 0) is 36.4 Å². The molecule has 1 aromatic heterocycles. The zero-order valence-electron chi connectivity index (χ0n) is 14.1. The third-order valence-electron chi connectivity index (χ3n) is 3.79. The van der Waals surface area contributed by atoms with Gasteiger partial charge in [0, 0.05) is 16.8 Å². The van der Waals surface area contributed by atoms with Crippen LogP contribution in [0.15, 0.2) is 66.9 Å². The van der Waals surface area contributed by atoms with Gasteiger partial charge in [0.15, 0.2) is 6.61 Å². The third kappa shape index (κ3) is 4.76. The Labute approximate surface area is 166 Å². The summed E-state index contributed by atoms with van der Waals surface area (Å²) in [6.45, 7) is -0.361. The molecule has 3 rings (SSSR count). The molecule has 138 valence electrons. The van der Waals surface area contributed by atoms with E-state index in [0.29, 0.717) is 16.6 Å². The summed E-state index contributed by atoms with van der Waals surface area (Å²) in [6.07, 6.45) is 1.55. The minimum absolute atomic E-state index is 0.0762. The van der Waals surface area contributed by atoms with Gasteiger partial charge in [-0.2, -0.15) is 0 Å². The molecule has 1 heterocycles. The number of nitrogens with zero attached hydrogens (tertiary/aromatic N) is 2. The van der Waals surface area contributed by atoms with Crippen molar-refractivity contribution in [3.05, 3.63) is 88.3 Å². The molecule has 2 aromatic carbocycles. The van der Waals surface area contributed by atoms with Gasteiger partial charge < -0.3 is 4.74 Å². The third-order valence-corrected chi connectivity index (χ3v) is 4.46. The number of hydrogen-bond acceptors (Lipinski definition) is 3. The van der Waals surface area contributed by atoms with E-state index in [1.807, 2.05) is 0 Å². The van der Waals surface area contributed by atoms with Crippen molar-refractivity contribution in [3.8, 4) is 5.75 Å². The molecule has 0 atom stereocenters. The molecular weight excluding hydrogens is 390 g/mol. The minimum Gasteiger partial charge on any atom is -0.482 e. The number of aromatic nitrogens is 1. The standard InChI is InChI=1S/C20H15Cl2FN2O2/c21-15-7-5-8-17(23)14(15)12-25(19-10-3-4-11-24-19)20(26)13-27-18-9-2-1-6-16(18)22/h1-11H,12-13H2. The second-order valence-electron chi connectivity index (χ2n) is 5.59. The Balaban J connectivity index is 1.84. The number of pyridine rings is 1. The number of amides is 1. The summed E-state index contributed by atoms with van der Waals surface area (Å²) in [7, 11) is 0. The highest BCUT2D eigenvalue weighted by molar-refractivity contribution is 6.32. The van der Waals surface area contributed by atoms with Crippen LogP contribution in [0, 0.1) is 5.82 Å². The molecule has 0 aliphatic carbocycles. The molecule has 4 nitrogen and oxygen atoms in total. The van der Waals surface area contributed by atoms with Crippen molar-refractivity contribution in [2.45, 2.75) is 6.54 Å². The number of anilines is 1. The summed E-state index contributed by atoms with van der Waals surface area (Å²) in [5, 5.41) is 0.627. The van der Waals surface area contributed by atoms with Crippen molar-refractivity contribution in [3.63, 3.8) is 0 Å². The molecule has 0 unspecified atom stereocenters. The average molecular weight is 405 g/mol. The Hall–Kier alpha value is -2.63. The first-order chi connectivity index (χ1) is 13.1. The molecule has 0 saturated heterocycles. The molecule has 0 aliphatic heterocycles. The lowest BCUT2D eigenvalue weighted by atomic mass is 10.2. The molecule has 0 fully saturated rings. The van der Waals surface area contributed by atoms with Crippen LogP contribution < -0.4 is 9.64 Å².